The second-order valence-electron chi connectivity index (χ2n) is 4.42. The Kier molecular flexibility index (Phi) is 4.18. The molecule has 2 aromatic rings. The maximum absolute atomic E-state index is 4.65. The molecule has 1 aliphatic rings. The first kappa shape index (κ1) is 13.4. The van der Waals surface area contributed by atoms with E-state index in [4.69, 9.17) is 0 Å². The molecular weight excluding hydrogens is 286 g/mol. The van der Waals surface area contributed by atoms with Crippen LogP contribution in [0.4, 0.5) is 0 Å². The molecule has 1 aliphatic heterocycles. The molecule has 1 aromatic carbocycles. The summed E-state index contributed by atoms with van der Waals surface area (Å²) >= 11 is 3.48. The van der Waals surface area contributed by atoms with E-state index in [1.165, 1.54) is 10.4 Å². The van der Waals surface area contributed by atoms with Crippen molar-refractivity contribution in [1.29, 1.82) is 0 Å². The van der Waals surface area contributed by atoms with Gasteiger partial charge in [-0.15, -0.1) is 11.3 Å². The largest absolute Gasteiger partial charge is 0.256 e. The Morgan fingerprint density at radius 1 is 1.20 bits per heavy atom. The third-order valence-corrected chi connectivity index (χ3v) is 4.92. The number of amidine groups is 1. The van der Waals surface area contributed by atoms with Gasteiger partial charge in [-0.3, -0.25) is 4.99 Å². The lowest BCUT2D eigenvalue weighted by atomic mass is 10.2. The molecule has 0 aliphatic carbocycles. The fraction of sp³-hybridized carbons (Fsp3) is 0.200. The normalized spacial score (nSPS) is 17.4. The Morgan fingerprint density at radius 3 is 2.75 bits per heavy atom. The van der Waals surface area contributed by atoms with Gasteiger partial charge >= 0.3 is 0 Å². The Bertz CT molecular complexity index is 618. The zero-order chi connectivity index (χ0) is 13.8. The number of rotatable bonds is 3. The van der Waals surface area contributed by atoms with Crippen molar-refractivity contribution in [1.82, 2.24) is 5.01 Å². The Morgan fingerprint density at radius 2 is 2.05 bits per heavy atom. The molecule has 0 radical (unpaired) electrons. The quantitative estimate of drug-likeness (QED) is 0.865. The minimum atomic E-state index is 0.706. The van der Waals surface area contributed by atoms with Crippen molar-refractivity contribution < 1.29 is 0 Å². The number of aliphatic imine (C=N–C) groups is 1. The molecule has 2 heterocycles. The first-order valence-corrected chi connectivity index (χ1v) is 8.26. The van der Waals surface area contributed by atoms with Crippen LogP contribution in [0.1, 0.15) is 10.4 Å². The summed E-state index contributed by atoms with van der Waals surface area (Å²) in [6.45, 7) is 0.706. The van der Waals surface area contributed by atoms with Gasteiger partial charge in [0, 0.05) is 12.8 Å². The third kappa shape index (κ3) is 3.11. The van der Waals surface area contributed by atoms with Gasteiger partial charge in [-0.05, 0) is 17.0 Å². The van der Waals surface area contributed by atoms with E-state index < -0.39 is 0 Å². The second kappa shape index (κ2) is 6.24. The first-order valence-electron chi connectivity index (χ1n) is 6.39. The highest BCUT2D eigenvalue weighted by Gasteiger charge is 2.17. The summed E-state index contributed by atoms with van der Waals surface area (Å²) in [6, 6.07) is 14.5. The maximum Gasteiger partial charge on any atom is 0.180 e. The van der Waals surface area contributed by atoms with Gasteiger partial charge in [0.05, 0.1) is 17.1 Å². The van der Waals surface area contributed by atoms with E-state index in [9.17, 15) is 0 Å². The third-order valence-electron chi connectivity index (χ3n) is 2.93. The highest BCUT2D eigenvalue weighted by molar-refractivity contribution is 8.14. The molecule has 3 rings (SSSR count). The van der Waals surface area contributed by atoms with E-state index in [1.807, 2.05) is 30.3 Å². The highest BCUT2D eigenvalue weighted by Crippen LogP contribution is 2.21. The minimum Gasteiger partial charge on any atom is -0.256 e. The standard InChI is InChI=1S/C15H15N3S2/c1-18-15(16-10-12-6-3-2-4-7-12)20-11-13(17-18)14-8-5-9-19-14/h2-9H,10-11H2,1H3. The zero-order valence-corrected chi connectivity index (χ0v) is 12.8. The molecule has 0 fully saturated rings. The fourth-order valence-electron chi connectivity index (χ4n) is 1.93. The van der Waals surface area contributed by atoms with Crippen molar-refractivity contribution in [3.63, 3.8) is 0 Å². The molecule has 1 aromatic heterocycles. The van der Waals surface area contributed by atoms with E-state index >= 15 is 0 Å². The smallest absolute Gasteiger partial charge is 0.180 e. The minimum absolute atomic E-state index is 0.706. The van der Waals surface area contributed by atoms with Crippen molar-refractivity contribution in [3.8, 4) is 0 Å². The Balaban J connectivity index is 1.71. The summed E-state index contributed by atoms with van der Waals surface area (Å²) in [7, 11) is 1.96. The molecule has 20 heavy (non-hydrogen) atoms. The molecule has 0 amide bonds. The predicted octanol–water partition coefficient (Wildman–Crippen LogP) is 3.69. The van der Waals surface area contributed by atoms with Crippen LogP contribution in [0.25, 0.3) is 0 Å². The van der Waals surface area contributed by atoms with Gasteiger partial charge in [-0.25, -0.2) is 5.01 Å². The van der Waals surface area contributed by atoms with Gasteiger partial charge in [-0.1, -0.05) is 48.2 Å². The van der Waals surface area contributed by atoms with Crippen LogP contribution in [0.15, 0.2) is 57.9 Å². The van der Waals surface area contributed by atoms with Gasteiger partial charge in [-0.2, -0.15) is 5.10 Å². The molecule has 102 valence electrons. The first-order chi connectivity index (χ1) is 9.83. The van der Waals surface area contributed by atoms with Crippen LogP contribution >= 0.6 is 23.1 Å². The Hall–Kier alpha value is -1.59. The highest BCUT2D eigenvalue weighted by atomic mass is 32.2. The van der Waals surface area contributed by atoms with E-state index in [2.05, 4.69) is 39.7 Å². The second-order valence-corrected chi connectivity index (χ2v) is 6.31. The molecule has 0 bridgehead atoms. The van der Waals surface area contributed by atoms with Crippen molar-refractivity contribution >= 4 is 34.0 Å². The lowest BCUT2D eigenvalue weighted by Gasteiger charge is -2.22. The number of nitrogens with zero attached hydrogens (tertiary/aromatic N) is 3. The number of thioether (sulfide) groups is 1. The zero-order valence-electron chi connectivity index (χ0n) is 11.2. The predicted molar refractivity (Wildman–Crippen MR) is 88.7 cm³/mol. The van der Waals surface area contributed by atoms with Crippen molar-refractivity contribution in [2.24, 2.45) is 10.1 Å². The summed E-state index contributed by atoms with van der Waals surface area (Å²) < 4.78 is 0. The topological polar surface area (TPSA) is 28.0 Å². The van der Waals surface area contributed by atoms with Gasteiger partial charge in [0.15, 0.2) is 5.17 Å². The average molecular weight is 301 g/mol. The van der Waals surface area contributed by atoms with Crippen molar-refractivity contribution in [2.75, 3.05) is 12.8 Å². The molecular formula is C15H15N3S2. The van der Waals surface area contributed by atoms with Crippen LogP contribution in [0.2, 0.25) is 0 Å². The lowest BCUT2D eigenvalue weighted by molar-refractivity contribution is 0.550. The SMILES string of the molecule is CN1N=C(c2cccs2)CSC1=NCc1ccccc1. The molecule has 3 nitrogen and oxygen atoms in total. The molecule has 0 unspecified atom stereocenters. The van der Waals surface area contributed by atoms with Gasteiger partial charge in [0.25, 0.3) is 0 Å². The molecule has 0 N–H and O–H groups in total. The number of benzene rings is 1. The van der Waals surface area contributed by atoms with Crippen LogP contribution in [-0.2, 0) is 6.54 Å². The summed E-state index contributed by atoms with van der Waals surface area (Å²) in [4.78, 5) is 5.89. The van der Waals surface area contributed by atoms with Gasteiger partial charge < -0.3 is 0 Å². The monoisotopic (exact) mass is 301 g/mol. The van der Waals surface area contributed by atoms with E-state index in [0.717, 1.165) is 16.6 Å². The average Bonchev–Trinajstić information content (AvgIpc) is 3.01. The van der Waals surface area contributed by atoms with Crippen molar-refractivity contribution in [2.45, 2.75) is 6.54 Å². The number of thiophene rings is 1. The van der Waals surface area contributed by atoms with E-state index in [-0.39, 0.29) is 0 Å². The summed E-state index contributed by atoms with van der Waals surface area (Å²) in [5.41, 5.74) is 2.35. The Labute approximate surface area is 127 Å². The maximum atomic E-state index is 4.65. The van der Waals surface area contributed by atoms with Crippen LogP contribution < -0.4 is 0 Å². The van der Waals surface area contributed by atoms with Crippen LogP contribution in [0.5, 0.6) is 0 Å². The van der Waals surface area contributed by atoms with Crippen molar-refractivity contribution in [3.05, 3.63) is 58.3 Å². The molecule has 0 spiro atoms. The number of hydrogen-bond acceptors (Lipinski definition) is 4. The fourth-order valence-corrected chi connectivity index (χ4v) is 3.60. The molecule has 0 saturated carbocycles. The van der Waals surface area contributed by atoms with E-state index in [1.54, 1.807) is 23.1 Å². The summed E-state index contributed by atoms with van der Waals surface area (Å²) in [5.74, 6) is 0.887. The number of hydrazone groups is 1. The van der Waals surface area contributed by atoms with Gasteiger partial charge in [0.2, 0.25) is 0 Å². The van der Waals surface area contributed by atoms with Crippen LogP contribution in [0, 0.1) is 0 Å². The lowest BCUT2D eigenvalue weighted by Crippen LogP contribution is -2.27. The van der Waals surface area contributed by atoms with E-state index in [0.29, 0.717) is 6.54 Å². The summed E-state index contributed by atoms with van der Waals surface area (Å²) in [5, 5.41) is 9.57. The van der Waals surface area contributed by atoms with Crippen LogP contribution in [0.3, 0.4) is 0 Å². The molecule has 5 heteroatoms. The molecule has 0 atom stereocenters. The van der Waals surface area contributed by atoms with Gasteiger partial charge in [0.1, 0.15) is 0 Å². The number of hydrogen-bond donors (Lipinski definition) is 0. The summed E-state index contributed by atoms with van der Waals surface area (Å²) in [6.07, 6.45) is 0. The van der Waals surface area contributed by atoms with Crippen LogP contribution in [-0.4, -0.2) is 28.7 Å². The molecule has 0 saturated heterocycles.